The van der Waals surface area contributed by atoms with Crippen LogP contribution in [0.3, 0.4) is 0 Å². The number of carbonyl (C=O) groups is 3. The highest BCUT2D eigenvalue weighted by atomic mass is 35.5. The Bertz CT molecular complexity index is 1400. The molecular weight excluding hydrogens is 535 g/mol. The molecule has 0 atom stereocenters. The molecule has 0 bridgehead atoms. The van der Waals surface area contributed by atoms with Gasteiger partial charge >= 0.3 is 0 Å². The number of nitrogens with zero attached hydrogens (tertiary/aromatic N) is 1. The van der Waals surface area contributed by atoms with Gasteiger partial charge < -0.3 is 14.8 Å². The van der Waals surface area contributed by atoms with Crippen molar-refractivity contribution in [3.8, 4) is 11.5 Å². The van der Waals surface area contributed by atoms with E-state index in [1.54, 1.807) is 36.4 Å². The van der Waals surface area contributed by atoms with Crippen molar-refractivity contribution in [1.29, 1.82) is 0 Å². The Morgan fingerprint density at radius 2 is 1.81 bits per heavy atom. The molecule has 10 heteroatoms. The molecule has 1 aliphatic rings. The Kier molecular flexibility index (Phi) is 8.43. The van der Waals surface area contributed by atoms with Crippen molar-refractivity contribution in [3.63, 3.8) is 0 Å². The van der Waals surface area contributed by atoms with Crippen LogP contribution in [-0.4, -0.2) is 35.7 Å². The van der Waals surface area contributed by atoms with E-state index in [1.807, 2.05) is 37.3 Å². The summed E-state index contributed by atoms with van der Waals surface area (Å²) in [5.74, 6) is -0.347. The molecule has 1 N–H and O–H groups in total. The predicted molar refractivity (Wildman–Crippen MR) is 146 cm³/mol. The van der Waals surface area contributed by atoms with Crippen molar-refractivity contribution < 1.29 is 23.9 Å². The largest absolute Gasteiger partial charge is 0.493 e. The van der Waals surface area contributed by atoms with Crippen LogP contribution in [0.15, 0.2) is 65.6 Å². The summed E-state index contributed by atoms with van der Waals surface area (Å²) >= 11 is 13.4. The number of carbonyl (C=O) groups excluding carboxylic acids is 3. The predicted octanol–water partition coefficient (Wildman–Crippen LogP) is 6.56. The number of nitrogens with one attached hydrogen (secondary N) is 1. The van der Waals surface area contributed by atoms with Crippen molar-refractivity contribution in [1.82, 2.24) is 4.90 Å². The molecule has 0 radical (unpaired) electrons. The quantitative estimate of drug-likeness (QED) is 0.316. The summed E-state index contributed by atoms with van der Waals surface area (Å²) in [5, 5.41) is 3.08. The van der Waals surface area contributed by atoms with Gasteiger partial charge in [0.1, 0.15) is 0 Å². The topological polar surface area (TPSA) is 84.9 Å². The van der Waals surface area contributed by atoms with E-state index in [0.29, 0.717) is 16.3 Å². The number of aryl methyl sites for hydroxylation is 1. The Morgan fingerprint density at radius 1 is 1.05 bits per heavy atom. The van der Waals surface area contributed by atoms with Crippen molar-refractivity contribution in [2.75, 3.05) is 19.0 Å². The second-order valence-corrected chi connectivity index (χ2v) is 9.90. The van der Waals surface area contributed by atoms with Crippen LogP contribution in [0.1, 0.15) is 16.7 Å². The van der Waals surface area contributed by atoms with E-state index in [4.69, 9.17) is 32.7 Å². The van der Waals surface area contributed by atoms with E-state index in [1.165, 1.54) is 12.0 Å². The summed E-state index contributed by atoms with van der Waals surface area (Å²) in [6.07, 6.45) is 1.57. The third kappa shape index (κ3) is 6.46. The number of ether oxygens (including phenoxy) is 2. The molecule has 3 aromatic carbocycles. The standard InChI is InChI=1S/C27H22Cl2N2O5S/c1-16-8-9-19(13-20(16)28)30-24(32)15-36-25-21(29)10-18(11-22(25)35-2)12-23-26(33)31(27(34)37-23)14-17-6-4-3-5-7-17/h3-13H,14-15H2,1-2H3,(H,30,32)/b23-12-. The lowest BCUT2D eigenvalue weighted by Gasteiger charge is -2.14. The molecule has 0 saturated carbocycles. The van der Waals surface area contributed by atoms with Gasteiger partial charge in [-0.25, -0.2) is 0 Å². The van der Waals surface area contributed by atoms with E-state index in [-0.39, 0.29) is 45.7 Å². The van der Waals surface area contributed by atoms with Gasteiger partial charge in [-0.3, -0.25) is 19.3 Å². The summed E-state index contributed by atoms with van der Waals surface area (Å²) in [4.78, 5) is 39.2. The smallest absolute Gasteiger partial charge is 0.293 e. The van der Waals surface area contributed by atoms with Crippen molar-refractivity contribution in [2.45, 2.75) is 13.5 Å². The number of methoxy groups -OCH3 is 1. The van der Waals surface area contributed by atoms with Crippen LogP contribution in [0, 0.1) is 6.92 Å². The molecule has 7 nitrogen and oxygen atoms in total. The fourth-order valence-electron chi connectivity index (χ4n) is 3.52. The van der Waals surface area contributed by atoms with E-state index in [9.17, 15) is 14.4 Å². The van der Waals surface area contributed by atoms with Crippen LogP contribution < -0.4 is 14.8 Å². The van der Waals surface area contributed by atoms with Crippen LogP contribution >= 0.6 is 35.0 Å². The molecule has 3 aromatic rings. The SMILES string of the molecule is COc1cc(/C=C2\SC(=O)N(Cc3ccccc3)C2=O)cc(Cl)c1OCC(=O)Nc1ccc(C)c(Cl)c1. The zero-order chi connectivity index (χ0) is 26.5. The summed E-state index contributed by atoms with van der Waals surface area (Å²) in [7, 11) is 1.43. The van der Waals surface area contributed by atoms with Gasteiger partial charge in [-0.05, 0) is 65.7 Å². The average molecular weight is 557 g/mol. The minimum absolute atomic E-state index is 0.176. The zero-order valence-corrected chi connectivity index (χ0v) is 22.2. The fraction of sp³-hybridized carbons (Fsp3) is 0.148. The molecule has 190 valence electrons. The van der Waals surface area contributed by atoms with Gasteiger partial charge in [-0.2, -0.15) is 0 Å². The lowest BCUT2D eigenvalue weighted by atomic mass is 10.1. The van der Waals surface area contributed by atoms with Crippen molar-refractivity contribution >= 4 is 63.8 Å². The first-order valence-corrected chi connectivity index (χ1v) is 12.7. The molecule has 1 fully saturated rings. The van der Waals surface area contributed by atoms with Crippen LogP contribution in [-0.2, 0) is 16.1 Å². The van der Waals surface area contributed by atoms with Gasteiger partial charge in [0.2, 0.25) is 0 Å². The van der Waals surface area contributed by atoms with Crippen LogP contribution in [0.25, 0.3) is 6.08 Å². The van der Waals surface area contributed by atoms with Crippen LogP contribution in [0.4, 0.5) is 10.5 Å². The molecule has 0 spiro atoms. The maximum atomic E-state index is 12.9. The molecule has 3 amide bonds. The highest BCUT2D eigenvalue weighted by Gasteiger charge is 2.35. The first-order chi connectivity index (χ1) is 17.7. The highest BCUT2D eigenvalue weighted by molar-refractivity contribution is 8.18. The van der Waals surface area contributed by atoms with Crippen LogP contribution in [0.2, 0.25) is 10.0 Å². The van der Waals surface area contributed by atoms with E-state index in [2.05, 4.69) is 5.32 Å². The number of thioether (sulfide) groups is 1. The molecule has 0 aliphatic carbocycles. The van der Waals surface area contributed by atoms with Gasteiger partial charge in [0, 0.05) is 10.7 Å². The number of hydrogen-bond acceptors (Lipinski definition) is 6. The lowest BCUT2D eigenvalue weighted by Crippen LogP contribution is -2.27. The number of benzene rings is 3. The summed E-state index contributed by atoms with van der Waals surface area (Å²) < 4.78 is 11.0. The number of halogens is 2. The van der Waals surface area contributed by atoms with Crippen LogP contribution in [0.5, 0.6) is 11.5 Å². The zero-order valence-electron chi connectivity index (χ0n) is 19.9. The number of imide groups is 1. The highest BCUT2D eigenvalue weighted by Crippen LogP contribution is 2.39. The van der Waals surface area contributed by atoms with Gasteiger partial charge in [-0.15, -0.1) is 0 Å². The Hall–Kier alpha value is -3.46. The van der Waals surface area contributed by atoms with Crippen molar-refractivity contribution in [3.05, 3.63) is 92.3 Å². The lowest BCUT2D eigenvalue weighted by molar-refractivity contribution is -0.123. The molecule has 37 heavy (non-hydrogen) atoms. The number of anilines is 1. The monoisotopic (exact) mass is 556 g/mol. The Balaban J connectivity index is 1.46. The van der Waals surface area contributed by atoms with Gasteiger partial charge in [0.25, 0.3) is 17.1 Å². The first-order valence-electron chi connectivity index (χ1n) is 11.1. The van der Waals surface area contributed by atoms with E-state index < -0.39 is 5.91 Å². The van der Waals surface area contributed by atoms with Crippen molar-refractivity contribution in [2.24, 2.45) is 0 Å². The minimum Gasteiger partial charge on any atom is -0.493 e. The number of hydrogen-bond donors (Lipinski definition) is 1. The summed E-state index contributed by atoms with van der Waals surface area (Å²) in [6, 6.07) is 17.7. The maximum Gasteiger partial charge on any atom is 0.293 e. The molecule has 4 rings (SSSR count). The summed E-state index contributed by atoms with van der Waals surface area (Å²) in [6.45, 7) is 1.74. The minimum atomic E-state index is -0.408. The Labute approximate surface area is 228 Å². The maximum absolute atomic E-state index is 12.9. The molecular formula is C27H22Cl2N2O5S. The fourth-order valence-corrected chi connectivity index (χ4v) is 4.81. The number of rotatable bonds is 8. The molecule has 0 unspecified atom stereocenters. The van der Waals surface area contributed by atoms with Gasteiger partial charge in [0.15, 0.2) is 18.1 Å². The molecule has 1 heterocycles. The third-order valence-electron chi connectivity index (χ3n) is 5.41. The second kappa shape index (κ2) is 11.7. The van der Waals surface area contributed by atoms with Gasteiger partial charge in [-0.1, -0.05) is 59.6 Å². The molecule has 1 saturated heterocycles. The second-order valence-electron chi connectivity index (χ2n) is 8.09. The summed E-state index contributed by atoms with van der Waals surface area (Å²) in [5.41, 5.74) is 2.83. The van der Waals surface area contributed by atoms with E-state index >= 15 is 0 Å². The third-order valence-corrected chi connectivity index (χ3v) is 7.01. The van der Waals surface area contributed by atoms with Gasteiger partial charge in [0.05, 0.1) is 23.6 Å². The Morgan fingerprint density at radius 3 is 2.51 bits per heavy atom. The molecule has 0 aromatic heterocycles. The molecule has 1 aliphatic heterocycles. The first kappa shape index (κ1) is 26.6. The normalized spacial score (nSPS) is 14.3. The van der Waals surface area contributed by atoms with E-state index in [0.717, 1.165) is 22.9 Å². The average Bonchev–Trinajstić information content (AvgIpc) is 3.13. The number of amides is 3.